The number of amides is 1. The highest BCUT2D eigenvalue weighted by Gasteiger charge is 2.32. The molecule has 9 heteroatoms. The molecule has 27 heavy (non-hydrogen) atoms. The number of nitrogens with one attached hydrogen (secondary N) is 1. The summed E-state index contributed by atoms with van der Waals surface area (Å²) in [7, 11) is 0. The maximum Gasteiger partial charge on any atom is 0.234 e. The van der Waals surface area contributed by atoms with Crippen LogP contribution in [0.5, 0.6) is 0 Å². The first-order valence-electron chi connectivity index (χ1n) is 8.10. The summed E-state index contributed by atoms with van der Waals surface area (Å²) < 4.78 is 39.9. The Balaban J connectivity index is 1.47. The molecule has 0 saturated heterocycles. The number of hydrogen-bond donors (Lipinski definition) is 1. The second kappa shape index (κ2) is 7.07. The molecule has 0 aromatic heterocycles. The highest BCUT2D eigenvalue weighted by atomic mass is 32.2. The molecule has 2 aromatic carbocycles. The lowest BCUT2D eigenvalue weighted by Crippen LogP contribution is -2.29. The normalized spacial score (nSPS) is 17.4. The van der Waals surface area contributed by atoms with Gasteiger partial charge in [0.15, 0.2) is 22.6 Å². The molecule has 4 rings (SSSR count). The number of fused-ring (bicyclic) bond motifs is 3. The Hall–Kier alpha value is -2.81. The van der Waals surface area contributed by atoms with Gasteiger partial charge in [-0.2, -0.15) is 5.10 Å². The van der Waals surface area contributed by atoms with Gasteiger partial charge >= 0.3 is 0 Å². The number of nitrogens with zero attached hydrogens (tertiary/aromatic N) is 3. The van der Waals surface area contributed by atoms with Gasteiger partial charge in [0.25, 0.3) is 0 Å². The zero-order chi connectivity index (χ0) is 19.0. The van der Waals surface area contributed by atoms with Gasteiger partial charge in [0.1, 0.15) is 0 Å². The third kappa shape index (κ3) is 3.30. The van der Waals surface area contributed by atoms with Crippen molar-refractivity contribution in [3.63, 3.8) is 0 Å². The largest absolute Gasteiger partial charge is 0.323 e. The van der Waals surface area contributed by atoms with Gasteiger partial charge in [-0.25, -0.2) is 23.2 Å². The quantitative estimate of drug-likeness (QED) is 0.799. The van der Waals surface area contributed by atoms with Crippen molar-refractivity contribution in [1.29, 1.82) is 0 Å². The van der Waals surface area contributed by atoms with Gasteiger partial charge in [-0.1, -0.05) is 30.0 Å². The van der Waals surface area contributed by atoms with E-state index in [9.17, 15) is 18.0 Å². The molecule has 0 spiro atoms. The predicted octanol–water partition coefficient (Wildman–Crippen LogP) is 4.21. The summed E-state index contributed by atoms with van der Waals surface area (Å²) >= 11 is 1.14. The van der Waals surface area contributed by atoms with Gasteiger partial charge < -0.3 is 5.32 Å². The summed E-state index contributed by atoms with van der Waals surface area (Å²) in [5.74, 6) is -5.01. The minimum Gasteiger partial charge on any atom is -0.323 e. The zero-order valence-electron chi connectivity index (χ0n) is 13.8. The first kappa shape index (κ1) is 17.6. The van der Waals surface area contributed by atoms with E-state index in [2.05, 4.69) is 15.4 Å². The van der Waals surface area contributed by atoms with Crippen molar-refractivity contribution >= 4 is 40.4 Å². The van der Waals surface area contributed by atoms with E-state index in [0.29, 0.717) is 5.17 Å². The van der Waals surface area contributed by atoms with Crippen molar-refractivity contribution in [2.24, 2.45) is 10.1 Å². The van der Waals surface area contributed by atoms with Crippen LogP contribution in [-0.2, 0) is 4.79 Å². The van der Waals surface area contributed by atoms with E-state index in [1.54, 1.807) is 11.2 Å². The van der Waals surface area contributed by atoms with E-state index in [4.69, 9.17) is 0 Å². The molecule has 0 aliphatic carbocycles. The predicted molar refractivity (Wildman–Crippen MR) is 98.6 cm³/mol. The fraction of sp³-hybridized carbons (Fsp3) is 0.167. The minimum atomic E-state index is -1.62. The van der Waals surface area contributed by atoms with Crippen molar-refractivity contribution in [3.05, 3.63) is 59.4 Å². The fourth-order valence-corrected chi connectivity index (χ4v) is 3.72. The average molecular weight is 390 g/mol. The number of hydrogen-bond acceptors (Lipinski definition) is 5. The van der Waals surface area contributed by atoms with Gasteiger partial charge in [-0.05, 0) is 18.2 Å². The number of para-hydroxylation sites is 1. The molecule has 1 amide bonds. The lowest BCUT2D eigenvalue weighted by Gasteiger charge is -2.29. The molecule has 0 radical (unpaired) electrons. The van der Waals surface area contributed by atoms with Gasteiger partial charge in [0.2, 0.25) is 5.91 Å². The average Bonchev–Trinajstić information content (AvgIpc) is 3.17. The number of aliphatic imine (C=N–C) groups is 1. The molecule has 5 nitrogen and oxygen atoms in total. The van der Waals surface area contributed by atoms with Gasteiger partial charge in [-0.3, -0.25) is 4.79 Å². The number of carbonyl (C=O) groups excluding carboxylic acids is 1. The number of benzene rings is 2. The van der Waals surface area contributed by atoms with Crippen molar-refractivity contribution in [1.82, 2.24) is 5.01 Å². The standard InChI is InChI=1S/C18H13F3N4OS/c19-11-5-6-13(17(21)16(11)20)23-15(26)9-27-18-24-12-4-2-1-3-10(12)14-7-8-22-25(14)18/h1-6,8,14H,7,9H2,(H,23,26)/t14-/m0/s1. The monoisotopic (exact) mass is 390 g/mol. The van der Waals surface area contributed by atoms with Crippen LogP contribution in [-0.4, -0.2) is 28.1 Å². The highest BCUT2D eigenvalue weighted by molar-refractivity contribution is 8.14. The summed E-state index contributed by atoms with van der Waals surface area (Å²) in [6.45, 7) is 0. The van der Waals surface area contributed by atoms with Gasteiger partial charge in [-0.15, -0.1) is 0 Å². The number of hydrazone groups is 1. The minimum absolute atomic E-state index is 0.0351. The number of thioether (sulfide) groups is 1. The topological polar surface area (TPSA) is 57.1 Å². The van der Waals surface area contributed by atoms with E-state index in [0.717, 1.165) is 41.6 Å². The molecular weight excluding hydrogens is 377 g/mol. The van der Waals surface area contributed by atoms with Crippen LogP contribution in [0.2, 0.25) is 0 Å². The molecule has 1 atom stereocenters. The van der Waals surface area contributed by atoms with Crippen LogP contribution < -0.4 is 5.32 Å². The third-order valence-electron chi connectivity index (χ3n) is 4.18. The van der Waals surface area contributed by atoms with E-state index < -0.39 is 29.0 Å². The van der Waals surface area contributed by atoms with E-state index in [1.165, 1.54) is 0 Å². The van der Waals surface area contributed by atoms with Crippen LogP contribution in [0.3, 0.4) is 0 Å². The Bertz CT molecular complexity index is 979. The van der Waals surface area contributed by atoms with E-state index >= 15 is 0 Å². The summed E-state index contributed by atoms with van der Waals surface area (Å²) in [5.41, 5.74) is 1.47. The Morgan fingerprint density at radius 3 is 2.85 bits per heavy atom. The summed E-state index contributed by atoms with van der Waals surface area (Å²) in [5, 5.41) is 8.85. The van der Waals surface area contributed by atoms with Crippen molar-refractivity contribution in [2.75, 3.05) is 11.1 Å². The molecule has 0 saturated carbocycles. The molecular formula is C18H13F3N4OS. The van der Waals surface area contributed by atoms with Crippen LogP contribution in [0, 0.1) is 17.5 Å². The van der Waals surface area contributed by atoms with Gasteiger partial charge in [0.05, 0.1) is 23.2 Å². The SMILES string of the molecule is O=C(CSC1=Nc2ccccc2[C@@H]2CC=NN12)Nc1ccc(F)c(F)c1F. The van der Waals surface area contributed by atoms with Crippen molar-refractivity contribution in [3.8, 4) is 0 Å². The third-order valence-corrected chi connectivity index (χ3v) is 5.12. The van der Waals surface area contributed by atoms with E-state index in [1.807, 2.05) is 24.3 Å². The second-order valence-corrected chi connectivity index (χ2v) is 6.85. The first-order valence-corrected chi connectivity index (χ1v) is 9.08. The van der Waals surface area contributed by atoms with Crippen LogP contribution >= 0.6 is 11.8 Å². The Morgan fingerprint density at radius 1 is 1.19 bits per heavy atom. The molecule has 1 N–H and O–H groups in total. The molecule has 0 fully saturated rings. The summed E-state index contributed by atoms with van der Waals surface area (Å²) in [6.07, 6.45) is 2.53. The van der Waals surface area contributed by atoms with Gasteiger partial charge in [0, 0.05) is 18.2 Å². The Labute approximate surface area is 157 Å². The Morgan fingerprint density at radius 2 is 2.00 bits per heavy atom. The van der Waals surface area contributed by atoms with Crippen LogP contribution in [0.1, 0.15) is 18.0 Å². The number of rotatable bonds is 3. The van der Waals surface area contributed by atoms with Crippen molar-refractivity contribution < 1.29 is 18.0 Å². The molecule has 2 aromatic rings. The molecule has 138 valence electrons. The molecule has 2 aliphatic heterocycles. The molecule has 2 heterocycles. The molecule has 0 unspecified atom stereocenters. The van der Waals surface area contributed by atoms with Crippen LogP contribution in [0.15, 0.2) is 46.5 Å². The number of amidine groups is 1. The molecule has 0 bridgehead atoms. The summed E-state index contributed by atoms with van der Waals surface area (Å²) in [6, 6.07) is 9.47. The van der Waals surface area contributed by atoms with Crippen molar-refractivity contribution in [2.45, 2.75) is 12.5 Å². The zero-order valence-corrected chi connectivity index (χ0v) is 14.6. The lowest BCUT2D eigenvalue weighted by molar-refractivity contribution is -0.113. The van der Waals surface area contributed by atoms with E-state index in [-0.39, 0.29) is 11.8 Å². The van der Waals surface area contributed by atoms with Crippen LogP contribution in [0.4, 0.5) is 24.5 Å². The number of halogens is 3. The molecule has 2 aliphatic rings. The lowest BCUT2D eigenvalue weighted by atomic mass is 10.0. The maximum absolute atomic E-state index is 13.7. The summed E-state index contributed by atoms with van der Waals surface area (Å²) in [4.78, 5) is 16.7. The highest BCUT2D eigenvalue weighted by Crippen LogP contribution is 2.40. The number of anilines is 1. The first-order chi connectivity index (χ1) is 13.0. The maximum atomic E-state index is 13.7. The second-order valence-electron chi connectivity index (χ2n) is 5.91. The fourth-order valence-electron chi connectivity index (χ4n) is 2.92. The smallest absolute Gasteiger partial charge is 0.234 e. The Kier molecular flexibility index (Phi) is 4.61. The number of carbonyl (C=O) groups is 1. The van der Waals surface area contributed by atoms with Crippen LogP contribution in [0.25, 0.3) is 0 Å².